The zero-order valence-corrected chi connectivity index (χ0v) is 16.5. The molecule has 3 amide bonds. The Balaban J connectivity index is 1.87. The third kappa shape index (κ3) is 6.96. The van der Waals surface area contributed by atoms with Crippen molar-refractivity contribution in [1.82, 2.24) is 15.6 Å². The number of ether oxygens (including phenoxy) is 2. The highest BCUT2D eigenvalue weighted by Crippen LogP contribution is 2.36. The predicted molar refractivity (Wildman–Crippen MR) is 106 cm³/mol. The number of rotatable bonds is 10. The Hall–Kier alpha value is -3.33. The Morgan fingerprint density at radius 2 is 1.90 bits per heavy atom. The van der Waals surface area contributed by atoms with E-state index in [-0.39, 0.29) is 47.6 Å². The second kappa shape index (κ2) is 10.9. The van der Waals surface area contributed by atoms with Crippen LogP contribution < -0.4 is 25.8 Å². The number of primary amides is 1. The van der Waals surface area contributed by atoms with Gasteiger partial charge >= 0.3 is 0 Å². The molecule has 0 saturated heterocycles. The van der Waals surface area contributed by atoms with Gasteiger partial charge in [-0.3, -0.25) is 19.4 Å². The summed E-state index contributed by atoms with van der Waals surface area (Å²) < 4.78 is 10.4. The van der Waals surface area contributed by atoms with Crippen LogP contribution in [0.5, 0.6) is 11.5 Å². The molecule has 0 saturated carbocycles. The van der Waals surface area contributed by atoms with Crippen molar-refractivity contribution < 1.29 is 23.9 Å². The fraction of sp³-hybridized carbons (Fsp3) is 0.263. The van der Waals surface area contributed by atoms with Gasteiger partial charge in [0.25, 0.3) is 11.8 Å². The number of hydrogen-bond acceptors (Lipinski definition) is 6. The topological polar surface area (TPSA) is 133 Å². The summed E-state index contributed by atoms with van der Waals surface area (Å²) in [6.07, 6.45) is 3.40. The van der Waals surface area contributed by atoms with E-state index < -0.39 is 11.8 Å². The molecule has 0 spiro atoms. The molecule has 9 nitrogen and oxygen atoms in total. The lowest BCUT2D eigenvalue weighted by Crippen LogP contribution is -2.30. The second-order valence-electron chi connectivity index (χ2n) is 5.88. The number of nitrogens with one attached hydrogen (secondary N) is 2. The zero-order chi connectivity index (χ0) is 21.2. The summed E-state index contributed by atoms with van der Waals surface area (Å²) in [5.74, 6) is -1.02. The van der Waals surface area contributed by atoms with Crippen LogP contribution in [-0.4, -0.2) is 43.0 Å². The minimum atomic E-state index is -0.674. The molecule has 0 fully saturated rings. The third-order valence-corrected chi connectivity index (χ3v) is 4.01. The van der Waals surface area contributed by atoms with Crippen molar-refractivity contribution in [3.8, 4) is 11.5 Å². The number of halogens is 1. The number of benzene rings is 1. The van der Waals surface area contributed by atoms with E-state index >= 15 is 0 Å². The molecule has 0 aliphatic heterocycles. The van der Waals surface area contributed by atoms with Gasteiger partial charge in [-0.2, -0.15) is 0 Å². The molecule has 0 aliphatic carbocycles. The van der Waals surface area contributed by atoms with Crippen molar-refractivity contribution in [3.05, 3.63) is 52.8 Å². The van der Waals surface area contributed by atoms with Gasteiger partial charge in [0.1, 0.15) is 0 Å². The van der Waals surface area contributed by atoms with Gasteiger partial charge in [0, 0.05) is 37.5 Å². The summed E-state index contributed by atoms with van der Waals surface area (Å²) >= 11 is 6.12. The van der Waals surface area contributed by atoms with Gasteiger partial charge in [0.05, 0.1) is 12.1 Å². The monoisotopic (exact) mass is 420 g/mol. The van der Waals surface area contributed by atoms with Crippen LogP contribution in [-0.2, 0) is 16.1 Å². The van der Waals surface area contributed by atoms with E-state index in [2.05, 4.69) is 15.6 Å². The normalized spacial score (nSPS) is 10.1. The van der Waals surface area contributed by atoms with E-state index in [1.165, 1.54) is 19.2 Å². The van der Waals surface area contributed by atoms with Gasteiger partial charge in [-0.05, 0) is 29.8 Å². The number of nitrogens with zero attached hydrogens (tertiary/aromatic N) is 1. The number of methoxy groups -OCH3 is 1. The quantitative estimate of drug-likeness (QED) is 0.526. The Labute approximate surface area is 172 Å². The number of carbonyl (C=O) groups is 3. The van der Waals surface area contributed by atoms with E-state index in [0.29, 0.717) is 6.54 Å². The van der Waals surface area contributed by atoms with Crippen LogP contribution in [0.15, 0.2) is 36.7 Å². The van der Waals surface area contributed by atoms with Crippen molar-refractivity contribution in [2.24, 2.45) is 5.73 Å². The average molecular weight is 421 g/mol. The van der Waals surface area contributed by atoms with E-state index in [1.807, 2.05) is 0 Å². The molecule has 0 radical (unpaired) electrons. The predicted octanol–water partition coefficient (Wildman–Crippen LogP) is 1.04. The molecule has 10 heteroatoms. The number of hydrogen-bond donors (Lipinski definition) is 3. The van der Waals surface area contributed by atoms with Crippen LogP contribution in [0.2, 0.25) is 5.02 Å². The first kappa shape index (κ1) is 22.0. The largest absolute Gasteiger partial charge is 0.493 e. The molecule has 1 heterocycles. The average Bonchev–Trinajstić information content (AvgIpc) is 2.71. The van der Waals surface area contributed by atoms with E-state index in [0.717, 1.165) is 5.56 Å². The summed E-state index contributed by atoms with van der Waals surface area (Å²) in [4.78, 5) is 39.0. The van der Waals surface area contributed by atoms with Crippen molar-refractivity contribution in [1.29, 1.82) is 0 Å². The lowest BCUT2D eigenvalue weighted by atomic mass is 10.2. The van der Waals surface area contributed by atoms with Gasteiger partial charge in [-0.25, -0.2) is 0 Å². The number of nitrogens with two attached hydrogens (primary N) is 1. The molecular formula is C19H21ClN4O5. The molecule has 1 aromatic heterocycles. The van der Waals surface area contributed by atoms with Crippen molar-refractivity contribution in [2.45, 2.75) is 13.0 Å². The number of carbonyl (C=O) groups excluding carboxylic acids is 3. The van der Waals surface area contributed by atoms with Gasteiger partial charge in [0.2, 0.25) is 5.91 Å². The summed E-state index contributed by atoms with van der Waals surface area (Å²) in [5, 5.41) is 5.48. The highest BCUT2D eigenvalue weighted by atomic mass is 35.5. The Kier molecular flexibility index (Phi) is 8.23. The van der Waals surface area contributed by atoms with Gasteiger partial charge in [0.15, 0.2) is 18.1 Å². The molecule has 154 valence electrons. The maximum Gasteiger partial charge on any atom is 0.255 e. The van der Waals surface area contributed by atoms with Gasteiger partial charge < -0.3 is 25.8 Å². The first-order valence-electron chi connectivity index (χ1n) is 8.63. The Morgan fingerprint density at radius 1 is 1.17 bits per heavy atom. The molecule has 0 unspecified atom stereocenters. The third-order valence-electron chi connectivity index (χ3n) is 3.73. The highest BCUT2D eigenvalue weighted by molar-refractivity contribution is 6.32. The molecule has 0 aliphatic rings. The van der Waals surface area contributed by atoms with Crippen LogP contribution in [0.1, 0.15) is 22.3 Å². The lowest BCUT2D eigenvalue weighted by Gasteiger charge is -2.13. The van der Waals surface area contributed by atoms with Crippen molar-refractivity contribution in [3.63, 3.8) is 0 Å². The Morgan fingerprint density at radius 3 is 2.55 bits per heavy atom. The SMILES string of the molecule is COc1cc(C(=O)NCCC(=O)NCc2ccncc2)cc(Cl)c1OCC(N)=O. The van der Waals surface area contributed by atoms with Gasteiger partial charge in [-0.1, -0.05) is 11.6 Å². The number of aromatic nitrogens is 1. The summed E-state index contributed by atoms with van der Waals surface area (Å²) in [5.41, 5.74) is 6.19. The Bertz CT molecular complexity index is 876. The van der Waals surface area contributed by atoms with Gasteiger partial charge in [-0.15, -0.1) is 0 Å². The number of pyridine rings is 1. The molecule has 2 rings (SSSR count). The van der Waals surface area contributed by atoms with Crippen molar-refractivity contribution >= 4 is 29.3 Å². The molecule has 0 atom stereocenters. The lowest BCUT2D eigenvalue weighted by molar-refractivity contribution is -0.121. The summed E-state index contributed by atoms with van der Waals surface area (Å²) in [6, 6.07) is 6.40. The summed E-state index contributed by atoms with van der Waals surface area (Å²) in [7, 11) is 1.37. The van der Waals surface area contributed by atoms with Crippen LogP contribution in [0.25, 0.3) is 0 Å². The van der Waals surface area contributed by atoms with Crippen LogP contribution in [0.3, 0.4) is 0 Å². The number of amides is 3. The van der Waals surface area contributed by atoms with Crippen LogP contribution in [0, 0.1) is 0 Å². The molecule has 4 N–H and O–H groups in total. The maximum atomic E-state index is 12.3. The second-order valence-corrected chi connectivity index (χ2v) is 6.29. The molecule has 1 aromatic carbocycles. The molecule has 29 heavy (non-hydrogen) atoms. The molecule has 2 aromatic rings. The smallest absolute Gasteiger partial charge is 0.255 e. The zero-order valence-electron chi connectivity index (χ0n) is 15.7. The highest BCUT2D eigenvalue weighted by Gasteiger charge is 2.16. The summed E-state index contributed by atoms with van der Waals surface area (Å²) in [6.45, 7) is 0.145. The maximum absolute atomic E-state index is 12.3. The van der Waals surface area contributed by atoms with E-state index in [4.69, 9.17) is 26.8 Å². The fourth-order valence-electron chi connectivity index (χ4n) is 2.32. The van der Waals surface area contributed by atoms with E-state index in [1.54, 1.807) is 24.5 Å². The fourth-order valence-corrected chi connectivity index (χ4v) is 2.58. The molecule has 0 bridgehead atoms. The molecular weight excluding hydrogens is 400 g/mol. The minimum absolute atomic E-state index is 0.0887. The van der Waals surface area contributed by atoms with Crippen LogP contribution in [0.4, 0.5) is 0 Å². The van der Waals surface area contributed by atoms with Crippen molar-refractivity contribution in [2.75, 3.05) is 20.3 Å². The van der Waals surface area contributed by atoms with E-state index in [9.17, 15) is 14.4 Å². The first-order chi connectivity index (χ1) is 13.9. The van der Waals surface area contributed by atoms with Crippen LogP contribution >= 0.6 is 11.6 Å². The minimum Gasteiger partial charge on any atom is -0.493 e. The standard InChI is InChI=1S/C19H21ClN4O5/c1-28-15-9-13(8-14(20)18(15)29-11-16(21)25)19(27)23-7-4-17(26)24-10-12-2-5-22-6-3-12/h2-3,5-6,8-9H,4,7,10-11H2,1H3,(H2,21,25)(H,23,27)(H,24,26). The first-order valence-corrected chi connectivity index (χ1v) is 9.01.